The molecule has 6 heteroatoms. The summed E-state index contributed by atoms with van der Waals surface area (Å²) < 4.78 is 11.1. The lowest BCUT2D eigenvalue weighted by Gasteiger charge is -2.34. The van der Waals surface area contributed by atoms with E-state index in [-0.39, 0.29) is 0 Å². The van der Waals surface area contributed by atoms with Crippen molar-refractivity contribution in [2.75, 3.05) is 65.0 Å². The third kappa shape index (κ3) is 9.05. The maximum absolute atomic E-state index is 5.97. The molecule has 6 nitrogen and oxygen atoms in total. The van der Waals surface area contributed by atoms with Crippen molar-refractivity contribution < 1.29 is 9.47 Å². The summed E-state index contributed by atoms with van der Waals surface area (Å²) in [5.74, 6) is 1.06. The van der Waals surface area contributed by atoms with Gasteiger partial charge in [-0.3, -0.25) is 4.99 Å². The van der Waals surface area contributed by atoms with Gasteiger partial charge in [0.05, 0.1) is 6.10 Å². The Balaban J connectivity index is 1.67. The SMILES string of the molecule is CCNC(=NCCCCN(C)c1ccccc1)N1CCC(OCCCOC)CC1. The van der Waals surface area contributed by atoms with Crippen molar-refractivity contribution in [2.24, 2.45) is 4.99 Å². The number of nitrogens with one attached hydrogen (secondary N) is 1. The number of ether oxygens (including phenoxy) is 2. The number of anilines is 1. The molecular formula is C23H40N4O2. The summed E-state index contributed by atoms with van der Waals surface area (Å²) in [7, 11) is 3.89. The van der Waals surface area contributed by atoms with E-state index in [1.165, 1.54) is 5.69 Å². The Morgan fingerprint density at radius 2 is 1.90 bits per heavy atom. The fourth-order valence-corrected chi connectivity index (χ4v) is 3.57. The van der Waals surface area contributed by atoms with E-state index in [1.54, 1.807) is 7.11 Å². The number of guanidine groups is 1. The third-order valence-electron chi connectivity index (χ3n) is 5.28. The average molecular weight is 405 g/mol. The van der Waals surface area contributed by atoms with Crippen LogP contribution in [0.15, 0.2) is 35.3 Å². The molecule has 1 heterocycles. The smallest absolute Gasteiger partial charge is 0.193 e. The molecule has 1 aromatic rings. The topological polar surface area (TPSA) is 49.3 Å². The van der Waals surface area contributed by atoms with Gasteiger partial charge in [-0.15, -0.1) is 0 Å². The predicted molar refractivity (Wildman–Crippen MR) is 122 cm³/mol. The van der Waals surface area contributed by atoms with Crippen LogP contribution in [-0.2, 0) is 9.47 Å². The van der Waals surface area contributed by atoms with E-state index in [2.05, 4.69) is 59.4 Å². The summed E-state index contributed by atoms with van der Waals surface area (Å²) in [5, 5.41) is 3.46. The van der Waals surface area contributed by atoms with Crippen LogP contribution in [0.25, 0.3) is 0 Å². The second kappa shape index (κ2) is 14.2. The summed E-state index contributed by atoms with van der Waals surface area (Å²) in [6.45, 7) is 8.57. The fraction of sp³-hybridized carbons (Fsp3) is 0.696. The van der Waals surface area contributed by atoms with Crippen molar-refractivity contribution in [1.29, 1.82) is 0 Å². The van der Waals surface area contributed by atoms with Crippen LogP contribution in [-0.4, -0.2) is 77.1 Å². The molecule has 0 atom stereocenters. The largest absolute Gasteiger partial charge is 0.385 e. The Kier molecular flexibility index (Phi) is 11.5. The number of benzene rings is 1. The summed E-state index contributed by atoms with van der Waals surface area (Å²) >= 11 is 0. The van der Waals surface area contributed by atoms with Crippen molar-refractivity contribution in [1.82, 2.24) is 10.2 Å². The first-order valence-corrected chi connectivity index (χ1v) is 11.1. The molecular weight excluding hydrogens is 364 g/mol. The first kappa shape index (κ1) is 23.5. The van der Waals surface area contributed by atoms with E-state index in [0.29, 0.717) is 6.10 Å². The van der Waals surface area contributed by atoms with Gasteiger partial charge in [-0.1, -0.05) is 18.2 Å². The number of likely N-dealkylation sites (tertiary alicyclic amines) is 1. The summed E-state index contributed by atoms with van der Waals surface area (Å²) in [5.41, 5.74) is 1.27. The second-order valence-corrected chi connectivity index (χ2v) is 7.60. The number of piperidine rings is 1. The molecule has 1 N–H and O–H groups in total. The van der Waals surface area contributed by atoms with Gasteiger partial charge in [0, 0.05) is 65.8 Å². The van der Waals surface area contributed by atoms with Gasteiger partial charge in [0.15, 0.2) is 5.96 Å². The number of aliphatic imine (C=N–C) groups is 1. The molecule has 0 aliphatic carbocycles. The van der Waals surface area contributed by atoms with E-state index < -0.39 is 0 Å². The number of para-hydroxylation sites is 1. The molecule has 1 aromatic carbocycles. The number of methoxy groups -OCH3 is 1. The molecule has 0 saturated carbocycles. The van der Waals surface area contributed by atoms with Gasteiger partial charge in [0.2, 0.25) is 0 Å². The number of unbranched alkanes of at least 4 members (excludes halogenated alkanes) is 1. The van der Waals surface area contributed by atoms with Gasteiger partial charge < -0.3 is 24.6 Å². The highest BCUT2D eigenvalue weighted by molar-refractivity contribution is 5.80. The quantitative estimate of drug-likeness (QED) is 0.329. The lowest BCUT2D eigenvalue weighted by atomic mass is 10.1. The molecule has 164 valence electrons. The molecule has 2 rings (SSSR count). The first-order chi connectivity index (χ1) is 14.2. The van der Waals surface area contributed by atoms with Crippen molar-refractivity contribution in [3.05, 3.63) is 30.3 Å². The minimum absolute atomic E-state index is 0.375. The number of rotatable bonds is 12. The molecule has 1 aliphatic heterocycles. The minimum atomic E-state index is 0.375. The highest BCUT2D eigenvalue weighted by Crippen LogP contribution is 2.15. The van der Waals surface area contributed by atoms with E-state index in [4.69, 9.17) is 14.5 Å². The maximum Gasteiger partial charge on any atom is 0.193 e. The van der Waals surface area contributed by atoms with Crippen LogP contribution in [0, 0.1) is 0 Å². The molecule has 0 unspecified atom stereocenters. The van der Waals surface area contributed by atoms with Gasteiger partial charge in [0.25, 0.3) is 0 Å². The van der Waals surface area contributed by atoms with Crippen LogP contribution in [0.3, 0.4) is 0 Å². The molecule has 1 saturated heterocycles. The van der Waals surface area contributed by atoms with Crippen LogP contribution in [0.5, 0.6) is 0 Å². The van der Waals surface area contributed by atoms with Crippen LogP contribution in [0.1, 0.15) is 39.0 Å². The van der Waals surface area contributed by atoms with Gasteiger partial charge in [-0.05, 0) is 51.2 Å². The highest BCUT2D eigenvalue weighted by atomic mass is 16.5. The minimum Gasteiger partial charge on any atom is -0.385 e. The standard InChI is InChI=1S/C23H40N4O2/c1-4-24-23(27-17-13-22(14-18-27)29-20-10-19-28-3)25-15-8-9-16-26(2)21-11-6-5-7-12-21/h5-7,11-12,22H,4,8-10,13-20H2,1-3H3,(H,24,25). The number of hydrogen-bond acceptors (Lipinski definition) is 4. The molecule has 1 fully saturated rings. The summed E-state index contributed by atoms with van der Waals surface area (Å²) in [4.78, 5) is 9.57. The zero-order valence-corrected chi connectivity index (χ0v) is 18.6. The molecule has 0 aromatic heterocycles. The Hall–Kier alpha value is -1.79. The molecule has 0 bridgehead atoms. The molecule has 0 radical (unpaired) electrons. The lowest BCUT2D eigenvalue weighted by molar-refractivity contribution is 0.00990. The summed E-state index contributed by atoms with van der Waals surface area (Å²) in [6.07, 6.45) is 5.73. The van der Waals surface area contributed by atoms with Gasteiger partial charge >= 0.3 is 0 Å². The van der Waals surface area contributed by atoms with E-state index in [1.807, 2.05) is 0 Å². The van der Waals surface area contributed by atoms with Crippen molar-refractivity contribution in [3.8, 4) is 0 Å². The first-order valence-electron chi connectivity index (χ1n) is 11.1. The molecule has 29 heavy (non-hydrogen) atoms. The monoisotopic (exact) mass is 404 g/mol. The zero-order valence-electron chi connectivity index (χ0n) is 18.6. The van der Waals surface area contributed by atoms with Crippen LogP contribution in [0.2, 0.25) is 0 Å². The molecule has 1 aliphatic rings. The Bertz CT molecular complexity index is 559. The van der Waals surface area contributed by atoms with Crippen LogP contribution >= 0.6 is 0 Å². The van der Waals surface area contributed by atoms with Crippen LogP contribution < -0.4 is 10.2 Å². The van der Waals surface area contributed by atoms with Gasteiger partial charge in [-0.2, -0.15) is 0 Å². The second-order valence-electron chi connectivity index (χ2n) is 7.60. The highest BCUT2D eigenvalue weighted by Gasteiger charge is 2.21. The van der Waals surface area contributed by atoms with Crippen molar-refractivity contribution >= 4 is 11.6 Å². The van der Waals surface area contributed by atoms with E-state index >= 15 is 0 Å². The molecule has 0 amide bonds. The van der Waals surface area contributed by atoms with Crippen molar-refractivity contribution in [3.63, 3.8) is 0 Å². The van der Waals surface area contributed by atoms with Crippen molar-refractivity contribution in [2.45, 2.75) is 45.1 Å². The maximum atomic E-state index is 5.97. The van der Waals surface area contributed by atoms with Gasteiger partial charge in [0.1, 0.15) is 0 Å². The third-order valence-corrected chi connectivity index (χ3v) is 5.28. The fourth-order valence-electron chi connectivity index (χ4n) is 3.57. The molecule has 0 spiro atoms. The van der Waals surface area contributed by atoms with Crippen LogP contribution in [0.4, 0.5) is 5.69 Å². The number of nitrogens with zero attached hydrogens (tertiary/aromatic N) is 3. The Morgan fingerprint density at radius 1 is 1.14 bits per heavy atom. The van der Waals surface area contributed by atoms with Gasteiger partial charge in [-0.25, -0.2) is 0 Å². The Morgan fingerprint density at radius 3 is 2.59 bits per heavy atom. The van der Waals surface area contributed by atoms with E-state index in [0.717, 1.165) is 84.0 Å². The normalized spacial score (nSPS) is 15.6. The predicted octanol–water partition coefficient (Wildman–Crippen LogP) is 3.39. The summed E-state index contributed by atoms with van der Waals surface area (Å²) in [6, 6.07) is 10.6. The number of hydrogen-bond donors (Lipinski definition) is 1. The zero-order chi connectivity index (χ0) is 20.7. The lowest BCUT2D eigenvalue weighted by Crippen LogP contribution is -2.47. The Labute approximate surface area is 177 Å². The average Bonchev–Trinajstić information content (AvgIpc) is 2.77. The van der Waals surface area contributed by atoms with E-state index in [9.17, 15) is 0 Å².